The van der Waals surface area contributed by atoms with E-state index in [2.05, 4.69) is 26.0 Å². The Bertz CT molecular complexity index is 1490. The number of carboxylic acids is 1. The van der Waals surface area contributed by atoms with Gasteiger partial charge in [-0.15, -0.1) is 13.2 Å². The maximum absolute atomic E-state index is 13.6. The molecular formula is C28H22BrF3N2O4. The summed E-state index contributed by atoms with van der Waals surface area (Å²) in [5, 5.41) is 12.8. The molecule has 1 amide bonds. The Balaban J connectivity index is 1.72. The highest BCUT2D eigenvalue weighted by atomic mass is 79.9. The van der Waals surface area contributed by atoms with Crippen LogP contribution in [0.4, 0.5) is 13.2 Å². The SMILES string of the molecule is Cc1c(-c2ccccc2)nc2ccc(Br)cc2c1C(=O)NC[C@@H](CC(=O)O)c1ccccc1OC(F)(F)F. The molecule has 6 nitrogen and oxygen atoms in total. The second-order valence-electron chi connectivity index (χ2n) is 8.58. The van der Waals surface area contributed by atoms with E-state index in [0.29, 0.717) is 27.7 Å². The number of carbonyl (C=O) groups is 2. The van der Waals surface area contributed by atoms with Crippen molar-refractivity contribution in [2.75, 3.05) is 6.54 Å². The zero-order valence-corrected chi connectivity index (χ0v) is 21.6. The average Bonchev–Trinajstić information content (AvgIpc) is 2.86. The zero-order valence-electron chi connectivity index (χ0n) is 20.1. The largest absolute Gasteiger partial charge is 0.573 e. The number of hydrogen-bond donors (Lipinski definition) is 2. The highest BCUT2D eigenvalue weighted by Crippen LogP contribution is 2.34. The summed E-state index contributed by atoms with van der Waals surface area (Å²) in [5.41, 5.74) is 2.96. The predicted octanol–water partition coefficient (Wildman–Crippen LogP) is 6.86. The van der Waals surface area contributed by atoms with E-state index in [0.717, 1.165) is 16.1 Å². The quantitative estimate of drug-likeness (QED) is 0.235. The van der Waals surface area contributed by atoms with Gasteiger partial charge in [0.2, 0.25) is 0 Å². The van der Waals surface area contributed by atoms with Gasteiger partial charge in [-0.3, -0.25) is 9.59 Å². The number of rotatable bonds is 8. The number of benzene rings is 3. The lowest BCUT2D eigenvalue weighted by molar-refractivity contribution is -0.275. The van der Waals surface area contributed by atoms with E-state index in [1.807, 2.05) is 36.4 Å². The second kappa shape index (κ2) is 11.2. The van der Waals surface area contributed by atoms with Crippen LogP contribution in [0.1, 0.15) is 33.8 Å². The minimum absolute atomic E-state index is 0.0246. The molecule has 196 valence electrons. The number of amides is 1. The third kappa shape index (κ3) is 6.31. The average molecular weight is 587 g/mol. The van der Waals surface area contributed by atoms with Crippen molar-refractivity contribution >= 4 is 38.7 Å². The van der Waals surface area contributed by atoms with Crippen LogP contribution in [-0.2, 0) is 4.79 Å². The van der Waals surface area contributed by atoms with Crippen LogP contribution in [0.5, 0.6) is 5.75 Å². The first kappa shape index (κ1) is 27.1. The first-order chi connectivity index (χ1) is 18.0. The van der Waals surface area contributed by atoms with E-state index < -0.39 is 36.3 Å². The summed E-state index contributed by atoms with van der Waals surface area (Å²) in [6, 6.07) is 20.0. The van der Waals surface area contributed by atoms with Gasteiger partial charge in [-0.05, 0) is 42.3 Å². The van der Waals surface area contributed by atoms with Crippen molar-refractivity contribution in [1.29, 1.82) is 0 Å². The Morgan fingerprint density at radius 2 is 1.74 bits per heavy atom. The Kier molecular flexibility index (Phi) is 8.01. The number of alkyl halides is 3. The molecule has 0 aliphatic heterocycles. The van der Waals surface area contributed by atoms with Gasteiger partial charge in [-0.25, -0.2) is 4.98 Å². The molecule has 4 rings (SSSR count). The number of ether oxygens (including phenoxy) is 1. The first-order valence-corrected chi connectivity index (χ1v) is 12.3. The molecule has 4 aromatic rings. The summed E-state index contributed by atoms with van der Waals surface area (Å²) in [6.07, 6.45) is -5.48. The number of fused-ring (bicyclic) bond motifs is 1. The number of aromatic nitrogens is 1. The molecule has 0 unspecified atom stereocenters. The summed E-state index contributed by atoms with van der Waals surface area (Å²) in [5.74, 6) is -3.23. The van der Waals surface area contributed by atoms with Crippen molar-refractivity contribution < 1.29 is 32.6 Å². The summed E-state index contributed by atoms with van der Waals surface area (Å²) < 4.78 is 43.8. The molecule has 0 fully saturated rings. The number of nitrogens with one attached hydrogen (secondary N) is 1. The third-order valence-electron chi connectivity index (χ3n) is 5.98. The van der Waals surface area contributed by atoms with E-state index in [4.69, 9.17) is 4.98 Å². The fourth-order valence-electron chi connectivity index (χ4n) is 4.34. The van der Waals surface area contributed by atoms with E-state index in [1.165, 1.54) is 18.2 Å². The van der Waals surface area contributed by atoms with E-state index in [1.54, 1.807) is 19.1 Å². The second-order valence-corrected chi connectivity index (χ2v) is 9.49. The fourth-order valence-corrected chi connectivity index (χ4v) is 4.70. The lowest BCUT2D eigenvalue weighted by Gasteiger charge is -2.21. The van der Waals surface area contributed by atoms with Gasteiger partial charge >= 0.3 is 12.3 Å². The van der Waals surface area contributed by atoms with Crippen LogP contribution in [0.3, 0.4) is 0 Å². The maximum atomic E-state index is 13.6. The number of aliphatic carboxylic acids is 1. The van der Waals surface area contributed by atoms with Gasteiger partial charge in [-0.2, -0.15) is 0 Å². The number of para-hydroxylation sites is 1. The predicted molar refractivity (Wildman–Crippen MR) is 140 cm³/mol. The van der Waals surface area contributed by atoms with E-state index in [9.17, 15) is 27.9 Å². The molecule has 1 aromatic heterocycles. The molecule has 0 saturated heterocycles. The van der Waals surface area contributed by atoms with Crippen LogP contribution in [0, 0.1) is 6.92 Å². The van der Waals surface area contributed by atoms with Crippen LogP contribution in [0.2, 0.25) is 0 Å². The molecule has 3 aromatic carbocycles. The molecule has 1 heterocycles. The maximum Gasteiger partial charge on any atom is 0.573 e. The Labute approximate surface area is 224 Å². The number of hydrogen-bond acceptors (Lipinski definition) is 4. The summed E-state index contributed by atoms with van der Waals surface area (Å²) in [4.78, 5) is 29.9. The van der Waals surface area contributed by atoms with Crippen molar-refractivity contribution in [3.05, 3.63) is 94.0 Å². The standard InChI is InChI=1S/C28H22BrF3N2O4/c1-16-25(21-14-19(29)11-12-22(21)34-26(16)17-7-3-2-4-8-17)27(37)33-15-18(13-24(35)36)20-9-5-6-10-23(20)38-28(30,31)32/h2-12,14,18H,13,15H2,1H3,(H,33,37)(H,35,36)/t18-/m1/s1. The highest BCUT2D eigenvalue weighted by Gasteiger charge is 2.33. The van der Waals surface area contributed by atoms with Crippen LogP contribution >= 0.6 is 15.9 Å². The highest BCUT2D eigenvalue weighted by molar-refractivity contribution is 9.10. The Hall–Kier alpha value is -3.92. The third-order valence-corrected chi connectivity index (χ3v) is 6.47. The molecule has 1 atom stereocenters. The smallest absolute Gasteiger partial charge is 0.481 e. The molecule has 10 heteroatoms. The number of pyridine rings is 1. The number of carbonyl (C=O) groups excluding carboxylic acids is 1. The molecule has 2 N–H and O–H groups in total. The van der Waals surface area contributed by atoms with Crippen molar-refractivity contribution in [2.45, 2.75) is 25.6 Å². The Morgan fingerprint density at radius 1 is 1.05 bits per heavy atom. The zero-order chi connectivity index (χ0) is 27.4. The van der Waals surface area contributed by atoms with Gasteiger partial charge in [0.25, 0.3) is 5.91 Å². The topological polar surface area (TPSA) is 88.5 Å². The summed E-state index contributed by atoms with van der Waals surface area (Å²) in [6.45, 7) is 1.53. The van der Waals surface area contributed by atoms with Crippen LogP contribution in [0.15, 0.2) is 77.3 Å². The molecule has 0 aliphatic carbocycles. The van der Waals surface area contributed by atoms with Gasteiger partial charge < -0.3 is 15.2 Å². The fraction of sp³-hybridized carbons (Fsp3) is 0.179. The molecule has 38 heavy (non-hydrogen) atoms. The normalized spacial score (nSPS) is 12.2. The minimum atomic E-state index is -4.96. The molecular weight excluding hydrogens is 565 g/mol. The lowest BCUT2D eigenvalue weighted by Crippen LogP contribution is -2.31. The van der Waals surface area contributed by atoms with Crippen molar-refractivity contribution in [2.24, 2.45) is 0 Å². The van der Waals surface area contributed by atoms with Crippen molar-refractivity contribution in [3.8, 4) is 17.0 Å². The number of halogens is 4. The number of carboxylic acid groups (broad SMARTS) is 1. The van der Waals surface area contributed by atoms with Gasteiger partial charge in [0.05, 0.1) is 23.2 Å². The van der Waals surface area contributed by atoms with Crippen LogP contribution < -0.4 is 10.1 Å². The van der Waals surface area contributed by atoms with Gasteiger partial charge in [-0.1, -0.05) is 64.5 Å². The van der Waals surface area contributed by atoms with Crippen molar-refractivity contribution in [1.82, 2.24) is 10.3 Å². The van der Waals surface area contributed by atoms with E-state index in [-0.39, 0.29) is 12.1 Å². The van der Waals surface area contributed by atoms with Crippen LogP contribution in [-0.4, -0.2) is 34.9 Å². The van der Waals surface area contributed by atoms with Crippen LogP contribution in [0.25, 0.3) is 22.2 Å². The minimum Gasteiger partial charge on any atom is -0.481 e. The molecule has 0 saturated carbocycles. The summed E-state index contributed by atoms with van der Waals surface area (Å²) >= 11 is 3.42. The number of nitrogens with zero attached hydrogens (tertiary/aromatic N) is 1. The molecule has 0 aliphatic rings. The Morgan fingerprint density at radius 3 is 2.42 bits per heavy atom. The van der Waals surface area contributed by atoms with Gasteiger partial charge in [0.15, 0.2) is 0 Å². The monoisotopic (exact) mass is 586 g/mol. The first-order valence-electron chi connectivity index (χ1n) is 11.5. The summed E-state index contributed by atoms with van der Waals surface area (Å²) in [7, 11) is 0. The van der Waals surface area contributed by atoms with E-state index >= 15 is 0 Å². The van der Waals surface area contributed by atoms with Gasteiger partial charge in [0, 0.05) is 27.9 Å². The van der Waals surface area contributed by atoms with Gasteiger partial charge in [0.1, 0.15) is 5.75 Å². The molecule has 0 bridgehead atoms. The molecule has 0 radical (unpaired) electrons. The van der Waals surface area contributed by atoms with Crippen molar-refractivity contribution in [3.63, 3.8) is 0 Å². The molecule has 0 spiro atoms. The lowest BCUT2D eigenvalue weighted by atomic mass is 9.93.